The molecule has 10 heteroatoms. The van der Waals surface area contributed by atoms with Crippen LogP contribution in [0.15, 0.2) is 65.1 Å². The summed E-state index contributed by atoms with van der Waals surface area (Å²) >= 11 is 1.08. The van der Waals surface area contributed by atoms with Crippen LogP contribution in [0.1, 0.15) is 53.3 Å². The van der Waals surface area contributed by atoms with E-state index in [1.807, 2.05) is 0 Å². The van der Waals surface area contributed by atoms with Gasteiger partial charge in [0, 0.05) is 17.3 Å². The Balaban J connectivity index is 1.59. The van der Waals surface area contributed by atoms with Crippen molar-refractivity contribution in [3.63, 3.8) is 0 Å². The highest BCUT2D eigenvalue weighted by atomic mass is 32.1. The average Bonchev–Trinajstić information content (AvgIpc) is 3.64. The van der Waals surface area contributed by atoms with Crippen LogP contribution >= 0.6 is 11.3 Å². The van der Waals surface area contributed by atoms with Crippen molar-refractivity contribution in [1.82, 2.24) is 9.55 Å². The van der Waals surface area contributed by atoms with Gasteiger partial charge < -0.3 is 14.9 Å². The van der Waals surface area contributed by atoms with Crippen molar-refractivity contribution >= 4 is 34.6 Å². The molecule has 1 aliphatic heterocycles. The molecule has 0 saturated carbocycles. The first-order valence-corrected chi connectivity index (χ1v) is 11.8. The predicted octanol–water partition coefficient (Wildman–Crippen LogP) is 3.72. The van der Waals surface area contributed by atoms with Gasteiger partial charge in [-0.2, -0.15) is 0 Å². The Hall–Kier alpha value is -4.57. The molecule has 36 heavy (non-hydrogen) atoms. The zero-order valence-electron chi connectivity index (χ0n) is 18.7. The third kappa shape index (κ3) is 2.91. The maximum Gasteiger partial charge on any atom is 0.350 e. The second-order valence-electron chi connectivity index (χ2n) is 8.28. The number of nitrogens with zero attached hydrogens (tertiary/aromatic N) is 3. The van der Waals surface area contributed by atoms with Crippen molar-refractivity contribution in [2.24, 2.45) is 10.9 Å². The highest BCUT2D eigenvalue weighted by Gasteiger charge is 2.48. The summed E-state index contributed by atoms with van der Waals surface area (Å²) in [5.74, 6) is -3.60. The van der Waals surface area contributed by atoms with Crippen molar-refractivity contribution in [3.05, 3.63) is 92.9 Å². The van der Waals surface area contributed by atoms with Gasteiger partial charge in [-0.15, -0.1) is 11.3 Å². The van der Waals surface area contributed by atoms with E-state index in [2.05, 4.69) is 9.98 Å². The number of pyridine rings is 1. The number of benzene rings is 1. The fourth-order valence-electron chi connectivity index (χ4n) is 4.86. The molecular weight excluding hydrogens is 482 g/mol. The lowest BCUT2D eigenvalue weighted by atomic mass is 9.92. The molecule has 9 nitrogen and oxygen atoms in total. The number of hydrogen-bond donors (Lipinski definition) is 2. The number of rotatable bonds is 4. The van der Waals surface area contributed by atoms with Crippen molar-refractivity contribution in [2.75, 3.05) is 7.11 Å². The maximum absolute atomic E-state index is 13.3. The topological polar surface area (TPSA) is 131 Å². The number of fused-ring (bicyclic) bond motifs is 2. The van der Waals surface area contributed by atoms with Crippen LogP contribution in [0.5, 0.6) is 11.8 Å². The lowest BCUT2D eigenvalue weighted by Gasteiger charge is -2.12. The van der Waals surface area contributed by atoms with E-state index in [4.69, 9.17) is 4.74 Å². The molecule has 0 radical (unpaired) electrons. The molecule has 2 aliphatic rings. The molecule has 4 aromatic rings. The molecule has 1 aromatic carbocycles. The Morgan fingerprint density at radius 1 is 1.00 bits per heavy atom. The summed E-state index contributed by atoms with van der Waals surface area (Å²) in [7, 11) is 1.23. The highest BCUT2D eigenvalue weighted by molar-refractivity contribution is 7.12. The smallest absolute Gasteiger partial charge is 0.350 e. The lowest BCUT2D eigenvalue weighted by Crippen LogP contribution is -2.25. The summed E-state index contributed by atoms with van der Waals surface area (Å²) in [6.45, 7) is 0. The number of ketones is 2. The molecule has 3 aromatic heterocycles. The number of esters is 1. The van der Waals surface area contributed by atoms with Gasteiger partial charge in [-0.25, -0.2) is 9.36 Å². The average molecular weight is 500 g/mol. The minimum atomic E-state index is -1.28. The van der Waals surface area contributed by atoms with Gasteiger partial charge in [0.1, 0.15) is 16.8 Å². The van der Waals surface area contributed by atoms with E-state index in [0.29, 0.717) is 5.69 Å². The minimum absolute atomic E-state index is 0.0493. The summed E-state index contributed by atoms with van der Waals surface area (Å²) in [6, 6.07) is 12.4. The molecule has 0 fully saturated rings. The Morgan fingerprint density at radius 2 is 1.69 bits per heavy atom. The van der Waals surface area contributed by atoms with Crippen molar-refractivity contribution < 1.29 is 29.3 Å². The van der Waals surface area contributed by atoms with Crippen LogP contribution in [-0.4, -0.2) is 50.1 Å². The zero-order valence-corrected chi connectivity index (χ0v) is 19.5. The summed E-state index contributed by atoms with van der Waals surface area (Å²) in [5, 5.41) is 24.4. The van der Waals surface area contributed by atoms with Gasteiger partial charge in [0.05, 0.1) is 35.3 Å². The number of carbonyl (C=O) groups excluding carboxylic acids is 3. The number of ether oxygens (including phenoxy) is 1. The first-order valence-electron chi connectivity index (χ1n) is 10.9. The van der Waals surface area contributed by atoms with Crippen LogP contribution in [0.4, 0.5) is 0 Å². The first-order chi connectivity index (χ1) is 17.4. The largest absolute Gasteiger partial charge is 0.494 e. The zero-order chi connectivity index (χ0) is 25.1. The van der Waals surface area contributed by atoms with E-state index in [1.54, 1.807) is 60.1 Å². The number of hydrogen-bond acceptors (Lipinski definition) is 9. The Kier molecular flexibility index (Phi) is 4.87. The van der Waals surface area contributed by atoms with Crippen molar-refractivity contribution in [3.8, 4) is 17.4 Å². The molecule has 4 heterocycles. The number of carbonyl (C=O) groups is 3. The van der Waals surface area contributed by atoms with Crippen LogP contribution in [0, 0.1) is 5.92 Å². The van der Waals surface area contributed by atoms with Gasteiger partial charge in [-0.3, -0.25) is 19.6 Å². The normalized spacial score (nSPS) is 16.7. The van der Waals surface area contributed by atoms with Crippen LogP contribution in [0.25, 0.3) is 5.69 Å². The number of aromatic nitrogens is 2. The SMILES string of the molecule is COC(=O)c1sccc1-n1c(O)c2c(c1O)C(c1ccccn1)N=C2C1C(=O)c2ccccc2C1=O. The Bertz CT molecular complexity index is 1580. The number of thiophene rings is 1. The fourth-order valence-corrected chi connectivity index (χ4v) is 5.65. The van der Waals surface area contributed by atoms with Gasteiger partial charge in [-0.1, -0.05) is 30.3 Å². The number of aliphatic imine (C=N–C) groups is 1. The van der Waals surface area contributed by atoms with Crippen LogP contribution in [0.2, 0.25) is 0 Å². The monoisotopic (exact) mass is 499 g/mol. The molecule has 0 spiro atoms. The second-order valence-corrected chi connectivity index (χ2v) is 9.19. The summed E-state index contributed by atoms with van der Waals surface area (Å²) in [6.07, 6.45) is 1.56. The molecular formula is C26H17N3O6S. The molecule has 0 saturated heterocycles. The van der Waals surface area contributed by atoms with Gasteiger partial charge in [0.15, 0.2) is 11.6 Å². The predicted molar refractivity (Wildman–Crippen MR) is 130 cm³/mol. The molecule has 1 aliphatic carbocycles. The van der Waals surface area contributed by atoms with E-state index in [1.165, 1.54) is 7.11 Å². The van der Waals surface area contributed by atoms with Crippen LogP contribution in [0.3, 0.4) is 0 Å². The van der Waals surface area contributed by atoms with Crippen molar-refractivity contribution in [1.29, 1.82) is 0 Å². The third-order valence-electron chi connectivity index (χ3n) is 6.44. The van der Waals surface area contributed by atoms with Gasteiger partial charge >= 0.3 is 5.97 Å². The van der Waals surface area contributed by atoms with E-state index < -0.39 is 35.4 Å². The summed E-state index contributed by atoms with van der Waals surface area (Å²) < 4.78 is 5.95. The van der Waals surface area contributed by atoms with Crippen LogP contribution in [-0.2, 0) is 4.74 Å². The van der Waals surface area contributed by atoms with Gasteiger partial charge in [-0.05, 0) is 23.6 Å². The Morgan fingerprint density at radius 3 is 2.33 bits per heavy atom. The van der Waals surface area contributed by atoms with Crippen LogP contribution < -0.4 is 0 Å². The standard InChI is InChI=1S/C26H17N3O6S/c1-35-26(34)23-15(9-11-36-23)29-24(32)16-17(25(29)33)20(28-19(16)14-8-4-5-10-27-14)18-21(30)12-6-2-3-7-13(12)22(18)31/h2-11,18-19,32-33H,1H3. The first kappa shape index (κ1) is 21.9. The molecule has 2 N–H and O–H groups in total. The quantitative estimate of drug-likeness (QED) is 0.323. The molecule has 1 unspecified atom stereocenters. The van der Waals surface area contributed by atoms with Gasteiger partial charge in [0.2, 0.25) is 11.8 Å². The molecule has 6 rings (SSSR count). The summed E-state index contributed by atoms with van der Waals surface area (Å²) in [4.78, 5) is 48.2. The Labute approximate surface area is 208 Å². The lowest BCUT2D eigenvalue weighted by molar-refractivity contribution is 0.0606. The van der Waals surface area contributed by atoms with E-state index in [-0.39, 0.29) is 44.4 Å². The molecule has 0 amide bonds. The number of methoxy groups -OCH3 is 1. The van der Waals surface area contributed by atoms with E-state index in [0.717, 1.165) is 15.9 Å². The van der Waals surface area contributed by atoms with Crippen molar-refractivity contribution in [2.45, 2.75) is 6.04 Å². The molecule has 1 atom stereocenters. The number of aromatic hydroxyl groups is 2. The molecule has 0 bridgehead atoms. The van der Waals surface area contributed by atoms with E-state index >= 15 is 0 Å². The third-order valence-corrected chi connectivity index (χ3v) is 7.32. The number of Topliss-reactive ketones (excluding diaryl/α,β-unsaturated/α-hetero) is 2. The highest BCUT2D eigenvalue weighted by Crippen LogP contribution is 2.50. The fraction of sp³-hybridized carbons (Fsp3) is 0.115. The maximum atomic E-state index is 13.3. The summed E-state index contributed by atoms with van der Waals surface area (Å²) in [5.41, 5.74) is 1.54. The van der Waals surface area contributed by atoms with Gasteiger partial charge in [0.25, 0.3) is 0 Å². The minimum Gasteiger partial charge on any atom is -0.494 e. The van der Waals surface area contributed by atoms with E-state index in [9.17, 15) is 24.6 Å². The second kappa shape index (κ2) is 7.99. The molecule has 178 valence electrons.